The van der Waals surface area contributed by atoms with Gasteiger partial charge >= 0.3 is 0 Å². The molecule has 2 aromatic rings. The van der Waals surface area contributed by atoms with Gasteiger partial charge in [0.05, 0.1) is 12.7 Å². The molecule has 4 aliphatic rings. The molecular formula is C29H36O11. The molecule has 4 aliphatic heterocycles. The fourth-order valence-corrected chi connectivity index (χ4v) is 5.05. The Hall–Kier alpha value is -2.90. The van der Waals surface area contributed by atoms with Crippen molar-refractivity contribution in [1.29, 1.82) is 0 Å². The van der Waals surface area contributed by atoms with Gasteiger partial charge < -0.3 is 54.3 Å². The molecular weight excluding hydrogens is 524 g/mol. The highest BCUT2D eigenvalue weighted by atomic mass is 16.7. The van der Waals surface area contributed by atoms with E-state index in [1.807, 2.05) is 36.4 Å². The number of rotatable bonds is 5. The fraction of sp³-hybridized carbons (Fsp3) is 0.517. The lowest BCUT2D eigenvalue weighted by Crippen LogP contribution is -2.60. The second kappa shape index (κ2) is 12.7. The lowest BCUT2D eigenvalue weighted by molar-refractivity contribution is -0.318. The van der Waals surface area contributed by atoms with Gasteiger partial charge in [-0.2, -0.15) is 0 Å². The Morgan fingerprint density at radius 3 is 2.33 bits per heavy atom. The van der Waals surface area contributed by atoms with Crippen LogP contribution in [0.1, 0.15) is 36.8 Å². The number of phenols is 1. The quantitative estimate of drug-likeness (QED) is 0.317. The van der Waals surface area contributed by atoms with Gasteiger partial charge in [0.15, 0.2) is 29.7 Å². The first-order chi connectivity index (χ1) is 19.3. The Bertz CT molecular complexity index is 1150. The molecule has 0 aliphatic carbocycles. The van der Waals surface area contributed by atoms with E-state index in [4.69, 9.17) is 23.7 Å². The predicted molar refractivity (Wildman–Crippen MR) is 140 cm³/mol. The number of aromatic hydroxyl groups is 1. The zero-order valence-electron chi connectivity index (χ0n) is 21.9. The second-order valence-corrected chi connectivity index (χ2v) is 10.4. The molecule has 0 radical (unpaired) electrons. The standard InChI is InChI=1S/C29H36O11/c30-20-12-8-17-3-1-2-4-18(9-5-16-6-10-19(11-7-16)38-22(20)13-17)39-29-27(35)26(34)25(33)23(40-29)15-37-28-24(32)21(31)14-36-28/h6-8,10-14,18,23-35H,1-5,9,15H2/t18-,23?,24?,25+,26?,27?,28-,29+/m1/s1. The third kappa shape index (κ3) is 6.69. The van der Waals surface area contributed by atoms with Crippen LogP contribution in [0.5, 0.6) is 17.2 Å². The number of ether oxygens (including phenoxy) is 5. The maximum absolute atomic E-state index is 10.7. The van der Waals surface area contributed by atoms with Crippen molar-refractivity contribution in [3.05, 3.63) is 65.6 Å². The summed E-state index contributed by atoms with van der Waals surface area (Å²) in [7, 11) is 0. The van der Waals surface area contributed by atoms with Gasteiger partial charge in [0.25, 0.3) is 0 Å². The summed E-state index contributed by atoms with van der Waals surface area (Å²) in [6, 6.07) is 12.9. The molecule has 4 bridgehead atoms. The van der Waals surface area contributed by atoms with Crippen molar-refractivity contribution in [2.45, 2.75) is 87.7 Å². The minimum absolute atomic E-state index is 0.0782. The van der Waals surface area contributed by atoms with E-state index in [2.05, 4.69) is 0 Å². The van der Waals surface area contributed by atoms with Gasteiger partial charge in [0, 0.05) is 0 Å². The van der Waals surface area contributed by atoms with Gasteiger partial charge in [-0.05, 0) is 67.5 Å². The minimum atomic E-state index is -1.55. The summed E-state index contributed by atoms with van der Waals surface area (Å²) in [5, 5.41) is 61.2. The van der Waals surface area contributed by atoms with Gasteiger partial charge in [-0.25, -0.2) is 0 Å². The Morgan fingerprint density at radius 2 is 1.57 bits per heavy atom. The average molecular weight is 561 g/mol. The number of aryl methyl sites for hydroxylation is 2. The van der Waals surface area contributed by atoms with Crippen LogP contribution in [0.15, 0.2) is 54.5 Å². The Labute approximate surface area is 231 Å². The van der Waals surface area contributed by atoms with Crippen LogP contribution in [0, 0.1) is 0 Å². The SMILES string of the molecule is OC1=CO[C@H](OCC2O[C@H](O[C@@H]3CCCCc4ccc(O)c(c4)Oc4ccc(cc4)CC3)C(O)C(O)[C@H]2O)C1O. The Balaban J connectivity index is 1.25. The lowest BCUT2D eigenvalue weighted by Gasteiger charge is -2.41. The van der Waals surface area contributed by atoms with Crippen LogP contribution in [0.3, 0.4) is 0 Å². The van der Waals surface area contributed by atoms with E-state index in [-0.39, 0.29) is 24.2 Å². The summed E-state index contributed by atoms with van der Waals surface area (Å²) in [6.45, 7) is -0.290. The topological polar surface area (TPSA) is 168 Å². The molecule has 11 nitrogen and oxygen atoms in total. The highest BCUT2D eigenvalue weighted by molar-refractivity contribution is 5.45. The molecule has 1 saturated heterocycles. The maximum Gasteiger partial charge on any atom is 0.232 e. The Kier molecular flexibility index (Phi) is 9.11. The molecule has 6 rings (SSSR count). The molecule has 4 heterocycles. The van der Waals surface area contributed by atoms with Crippen LogP contribution in [-0.2, 0) is 31.8 Å². The number of phenolic OH excluding ortho intramolecular Hbond substituents is 1. The molecule has 218 valence electrons. The van der Waals surface area contributed by atoms with Crippen molar-refractivity contribution in [3.63, 3.8) is 0 Å². The van der Waals surface area contributed by atoms with Crippen molar-refractivity contribution in [2.24, 2.45) is 0 Å². The molecule has 6 N–H and O–H groups in total. The van der Waals surface area contributed by atoms with E-state index in [1.165, 1.54) is 0 Å². The van der Waals surface area contributed by atoms with Crippen LogP contribution >= 0.6 is 0 Å². The summed E-state index contributed by atoms with van der Waals surface area (Å²) >= 11 is 0. The van der Waals surface area contributed by atoms with Gasteiger partial charge in [0.1, 0.15) is 36.4 Å². The first-order valence-electron chi connectivity index (χ1n) is 13.6. The molecule has 4 unspecified atom stereocenters. The van der Waals surface area contributed by atoms with Crippen LogP contribution < -0.4 is 4.74 Å². The predicted octanol–water partition coefficient (Wildman–Crippen LogP) is 2.17. The van der Waals surface area contributed by atoms with Gasteiger partial charge in [-0.1, -0.05) is 24.6 Å². The number of aliphatic hydroxyl groups is 5. The molecule has 8 atom stereocenters. The number of benzene rings is 2. The summed E-state index contributed by atoms with van der Waals surface area (Å²) in [4.78, 5) is 0. The average Bonchev–Trinajstić information content (AvgIpc) is 3.27. The second-order valence-electron chi connectivity index (χ2n) is 10.4. The van der Waals surface area contributed by atoms with E-state index in [1.54, 1.807) is 6.07 Å². The summed E-state index contributed by atoms with van der Waals surface area (Å²) in [5.41, 5.74) is 2.08. The summed E-state index contributed by atoms with van der Waals surface area (Å²) in [6.07, 6.45) is -4.35. The normalized spacial score (nSPS) is 32.9. The number of hydrogen-bond donors (Lipinski definition) is 6. The molecule has 0 amide bonds. The van der Waals surface area contributed by atoms with Crippen molar-refractivity contribution in [2.75, 3.05) is 6.61 Å². The van der Waals surface area contributed by atoms with Gasteiger partial charge in [-0.3, -0.25) is 0 Å². The number of fused-ring (bicyclic) bond motifs is 8. The molecule has 1 fully saturated rings. The van der Waals surface area contributed by atoms with Gasteiger partial charge in [0.2, 0.25) is 6.29 Å². The zero-order valence-corrected chi connectivity index (χ0v) is 21.9. The van der Waals surface area contributed by atoms with Crippen LogP contribution in [0.2, 0.25) is 0 Å². The third-order valence-electron chi connectivity index (χ3n) is 7.48. The fourth-order valence-electron chi connectivity index (χ4n) is 5.05. The van der Waals surface area contributed by atoms with E-state index >= 15 is 0 Å². The number of hydrogen-bond acceptors (Lipinski definition) is 11. The van der Waals surface area contributed by atoms with Crippen molar-refractivity contribution in [3.8, 4) is 17.2 Å². The third-order valence-corrected chi connectivity index (χ3v) is 7.48. The highest BCUT2D eigenvalue weighted by Gasteiger charge is 2.46. The van der Waals surface area contributed by atoms with E-state index in [9.17, 15) is 30.6 Å². The lowest BCUT2D eigenvalue weighted by atomic mass is 9.98. The maximum atomic E-state index is 10.7. The largest absolute Gasteiger partial charge is 0.506 e. The summed E-state index contributed by atoms with van der Waals surface area (Å²) < 4.78 is 28.4. The molecule has 40 heavy (non-hydrogen) atoms. The van der Waals surface area contributed by atoms with Crippen LogP contribution in [-0.4, -0.2) is 86.4 Å². The molecule has 2 aromatic carbocycles. The number of aliphatic hydroxyl groups excluding tert-OH is 5. The molecule has 0 aromatic heterocycles. The van der Waals surface area contributed by atoms with Crippen molar-refractivity contribution in [1.82, 2.24) is 0 Å². The Morgan fingerprint density at radius 1 is 0.800 bits per heavy atom. The van der Waals surface area contributed by atoms with Gasteiger partial charge in [-0.15, -0.1) is 0 Å². The van der Waals surface area contributed by atoms with E-state index in [0.717, 1.165) is 36.7 Å². The van der Waals surface area contributed by atoms with Crippen LogP contribution in [0.25, 0.3) is 0 Å². The van der Waals surface area contributed by atoms with E-state index in [0.29, 0.717) is 30.8 Å². The van der Waals surface area contributed by atoms with Crippen molar-refractivity contribution < 1.29 is 54.3 Å². The zero-order chi connectivity index (χ0) is 28.2. The molecule has 0 spiro atoms. The summed E-state index contributed by atoms with van der Waals surface area (Å²) in [5.74, 6) is 0.713. The highest BCUT2D eigenvalue weighted by Crippen LogP contribution is 2.33. The molecule has 11 heteroatoms. The first kappa shape index (κ1) is 28.6. The monoisotopic (exact) mass is 560 g/mol. The van der Waals surface area contributed by atoms with Crippen LogP contribution in [0.4, 0.5) is 0 Å². The first-order valence-corrected chi connectivity index (χ1v) is 13.6. The van der Waals surface area contributed by atoms with E-state index < -0.39 is 43.1 Å². The van der Waals surface area contributed by atoms with Crippen molar-refractivity contribution >= 4 is 0 Å². The smallest absolute Gasteiger partial charge is 0.232 e. The minimum Gasteiger partial charge on any atom is -0.506 e. The molecule has 0 saturated carbocycles.